The maximum atomic E-state index is 13.2. The van der Waals surface area contributed by atoms with Gasteiger partial charge in [-0.15, -0.1) is 10.2 Å². The summed E-state index contributed by atoms with van der Waals surface area (Å²) >= 11 is 7.40. The number of benzene rings is 2. The smallest absolute Gasteiger partial charge is 0.191 e. The van der Waals surface area contributed by atoms with Gasteiger partial charge >= 0.3 is 0 Å². The van der Waals surface area contributed by atoms with Crippen LogP contribution in [0.1, 0.15) is 34.2 Å². The van der Waals surface area contributed by atoms with Crippen LogP contribution in [0.25, 0.3) is 11.4 Å². The standard InChI is InChI=1S/C26H26ClFN4OS/c1-4-31-25(20-7-9-21(27)10-8-20)29-30-26(31)34-16-24(33)23-15-17(2)32(18(23)3)14-13-19-5-11-22(28)12-6-19/h5-12,15H,4,13-14,16H2,1-3H3. The normalized spacial score (nSPS) is 11.2. The fourth-order valence-electron chi connectivity index (χ4n) is 4.02. The topological polar surface area (TPSA) is 52.7 Å². The van der Waals surface area contributed by atoms with E-state index < -0.39 is 0 Å². The molecule has 0 aliphatic carbocycles. The summed E-state index contributed by atoms with van der Waals surface area (Å²) in [6.07, 6.45) is 0.770. The average molecular weight is 497 g/mol. The van der Waals surface area contributed by atoms with Gasteiger partial charge in [-0.25, -0.2) is 4.39 Å². The van der Waals surface area contributed by atoms with E-state index in [1.165, 1.54) is 23.9 Å². The second-order valence-electron chi connectivity index (χ2n) is 8.08. The highest BCUT2D eigenvalue weighted by Crippen LogP contribution is 2.26. The first-order valence-corrected chi connectivity index (χ1v) is 12.5. The Morgan fingerprint density at radius 3 is 2.41 bits per heavy atom. The van der Waals surface area contributed by atoms with Gasteiger partial charge < -0.3 is 9.13 Å². The number of halogens is 2. The van der Waals surface area contributed by atoms with Gasteiger partial charge in [-0.05, 0) is 75.2 Å². The largest absolute Gasteiger partial charge is 0.348 e. The molecule has 176 valence electrons. The summed E-state index contributed by atoms with van der Waals surface area (Å²) in [5, 5.41) is 10.0. The Labute approximate surface area is 208 Å². The lowest BCUT2D eigenvalue weighted by Gasteiger charge is -2.10. The maximum Gasteiger partial charge on any atom is 0.191 e. The Kier molecular flexibility index (Phi) is 7.54. The lowest BCUT2D eigenvalue weighted by atomic mass is 10.1. The van der Waals surface area contributed by atoms with E-state index in [9.17, 15) is 9.18 Å². The molecule has 4 rings (SSSR count). The zero-order valence-electron chi connectivity index (χ0n) is 19.4. The highest BCUT2D eigenvalue weighted by atomic mass is 35.5. The molecule has 0 aliphatic heterocycles. The number of hydrogen-bond acceptors (Lipinski definition) is 4. The van der Waals surface area contributed by atoms with Crippen LogP contribution < -0.4 is 0 Å². The predicted molar refractivity (Wildman–Crippen MR) is 135 cm³/mol. The van der Waals surface area contributed by atoms with Gasteiger partial charge in [0.25, 0.3) is 0 Å². The van der Waals surface area contributed by atoms with E-state index in [0.29, 0.717) is 16.7 Å². The Bertz CT molecular complexity index is 1300. The van der Waals surface area contributed by atoms with E-state index in [-0.39, 0.29) is 17.4 Å². The van der Waals surface area contributed by atoms with Gasteiger partial charge in [-0.3, -0.25) is 4.79 Å². The Morgan fingerprint density at radius 2 is 1.74 bits per heavy atom. The number of aromatic nitrogens is 4. The molecule has 0 aliphatic rings. The minimum Gasteiger partial charge on any atom is -0.348 e. The summed E-state index contributed by atoms with van der Waals surface area (Å²) in [4.78, 5) is 13.1. The number of carbonyl (C=O) groups excluding carboxylic acids is 1. The molecule has 0 atom stereocenters. The molecule has 4 aromatic rings. The van der Waals surface area contributed by atoms with Gasteiger partial charge in [-0.2, -0.15) is 0 Å². The van der Waals surface area contributed by atoms with Crippen LogP contribution in [0.3, 0.4) is 0 Å². The molecular formula is C26H26ClFN4OS. The van der Waals surface area contributed by atoms with E-state index in [4.69, 9.17) is 11.6 Å². The molecule has 8 heteroatoms. The zero-order valence-corrected chi connectivity index (χ0v) is 21.0. The summed E-state index contributed by atoms with van der Waals surface area (Å²) in [7, 11) is 0. The predicted octanol–water partition coefficient (Wildman–Crippen LogP) is 6.39. The molecule has 0 saturated heterocycles. The molecule has 0 N–H and O–H groups in total. The highest BCUT2D eigenvalue weighted by Gasteiger charge is 2.19. The van der Waals surface area contributed by atoms with Crippen molar-refractivity contribution < 1.29 is 9.18 Å². The number of ketones is 1. The fourth-order valence-corrected chi connectivity index (χ4v) is 5.03. The van der Waals surface area contributed by atoms with E-state index in [1.807, 2.05) is 55.7 Å². The second kappa shape index (κ2) is 10.6. The van der Waals surface area contributed by atoms with E-state index in [0.717, 1.165) is 46.9 Å². The first-order valence-electron chi connectivity index (χ1n) is 11.1. The molecule has 0 amide bonds. The summed E-state index contributed by atoms with van der Waals surface area (Å²) in [5.74, 6) is 0.862. The lowest BCUT2D eigenvalue weighted by molar-refractivity contribution is 0.102. The van der Waals surface area contributed by atoms with Crippen molar-refractivity contribution in [3.8, 4) is 11.4 Å². The molecule has 0 radical (unpaired) electrons. The van der Waals surface area contributed by atoms with Gasteiger partial charge in [0.1, 0.15) is 5.82 Å². The molecular weight excluding hydrogens is 471 g/mol. The Hall–Kier alpha value is -2.90. The summed E-state index contributed by atoms with van der Waals surface area (Å²) in [5.41, 5.74) is 4.71. The second-order valence-corrected chi connectivity index (χ2v) is 9.46. The van der Waals surface area contributed by atoms with Gasteiger partial charge in [0.2, 0.25) is 0 Å². The number of aryl methyl sites for hydroxylation is 2. The first-order chi connectivity index (χ1) is 16.4. The molecule has 0 spiro atoms. The Balaban J connectivity index is 1.45. The fraction of sp³-hybridized carbons (Fsp3) is 0.269. The van der Waals surface area contributed by atoms with E-state index >= 15 is 0 Å². The number of rotatable bonds is 9. The van der Waals surface area contributed by atoms with Crippen LogP contribution in [-0.2, 0) is 19.5 Å². The molecule has 2 aromatic heterocycles. The van der Waals surface area contributed by atoms with Gasteiger partial charge in [0.15, 0.2) is 16.8 Å². The summed E-state index contributed by atoms with van der Waals surface area (Å²) in [6, 6.07) is 16.0. The number of thioether (sulfide) groups is 1. The quantitative estimate of drug-likeness (QED) is 0.199. The molecule has 0 bridgehead atoms. The van der Waals surface area contributed by atoms with Crippen LogP contribution in [0, 0.1) is 19.7 Å². The van der Waals surface area contributed by atoms with E-state index in [1.54, 1.807) is 12.1 Å². The molecule has 34 heavy (non-hydrogen) atoms. The van der Waals surface area contributed by atoms with Crippen LogP contribution in [0.4, 0.5) is 4.39 Å². The van der Waals surface area contributed by atoms with Crippen molar-refractivity contribution >= 4 is 29.1 Å². The van der Waals surface area contributed by atoms with Crippen molar-refractivity contribution in [2.75, 3.05) is 5.75 Å². The number of Topliss-reactive ketones (excluding diaryl/α,β-unsaturated/α-hetero) is 1. The number of nitrogens with zero attached hydrogens (tertiary/aromatic N) is 4. The zero-order chi connectivity index (χ0) is 24.2. The first kappa shape index (κ1) is 24.2. The van der Waals surface area contributed by atoms with Gasteiger partial charge in [-0.1, -0.05) is 35.5 Å². The monoisotopic (exact) mass is 496 g/mol. The van der Waals surface area contributed by atoms with Crippen LogP contribution in [0.2, 0.25) is 5.02 Å². The molecule has 2 aromatic carbocycles. The number of carbonyl (C=O) groups is 1. The molecule has 2 heterocycles. The van der Waals surface area contributed by atoms with Crippen molar-refractivity contribution in [3.05, 3.63) is 88.0 Å². The summed E-state index contributed by atoms with van der Waals surface area (Å²) in [6.45, 7) is 7.44. The molecule has 5 nitrogen and oxygen atoms in total. The van der Waals surface area contributed by atoms with Crippen LogP contribution in [0.15, 0.2) is 59.8 Å². The van der Waals surface area contributed by atoms with Crippen molar-refractivity contribution in [1.29, 1.82) is 0 Å². The molecule has 0 fully saturated rings. The van der Waals surface area contributed by atoms with Crippen molar-refractivity contribution in [1.82, 2.24) is 19.3 Å². The number of hydrogen-bond donors (Lipinski definition) is 0. The summed E-state index contributed by atoms with van der Waals surface area (Å²) < 4.78 is 17.3. The van der Waals surface area contributed by atoms with Crippen molar-refractivity contribution in [2.24, 2.45) is 0 Å². The van der Waals surface area contributed by atoms with Gasteiger partial charge in [0, 0.05) is 40.6 Å². The van der Waals surface area contributed by atoms with Crippen molar-refractivity contribution in [3.63, 3.8) is 0 Å². The highest BCUT2D eigenvalue weighted by molar-refractivity contribution is 7.99. The minimum absolute atomic E-state index is 0.0600. The maximum absolute atomic E-state index is 13.2. The third kappa shape index (κ3) is 5.26. The van der Waals surface area contributed by atoms with Crippen molar-refractivity contribution in [2.45, 2.75) is 45.4 Å². The molecule has 0 saturated carbocycles. The molecule has 0 unspecified atom stereocenters. The minimum atomic E-state index is -0.235. The van der Waals surface area contributed by atoms with Crippen LogP contribution in [0.5, 0.6) is 0 Å². The van der Waals surface area contributed by atoms with Crippen LogP contribution in [-0.4, -0.2) is 30.9 Å². The van der Waals surface area contributed by atoms with Crippen LogP contribution >= 0.6 is 23.4 Å². The third-order valence-corrected chi connectivity index (χ3v) is 7.10. The third-order valence-electron chi connectivity index (χ3n) is 5.88. The van der Waals surface area contributed by atoms with Gasteiger partial charge in [0.05, 0.1) is 5.75 Å². The Morgan fingerprint density at radius 1 is 1.03 bits per heavy atom. The SMILES string of the molecule is CCn1c(SCC(=O)c2cc(C)n(CCc3ccc(F)cc3)c2C)nnc1-c1ccc(Cl)cc1. The lowest BCUT2D eigenvalue weighted by Crippen LogP contribution is -2.09. The van der Waals surface area contributed by atoms with E-state index in [2.05, 4.69) is 14.8 Å². The average Bonchev–Trinajstić information content (AvgIpc) is 3.37.